The van der Waals surface area contributed by atoms with Gasteiger partial charge in [-0.15, -0.1) is 5.10 Å². The third-order valence-corrected chi connectivity index (χ3v) is 5.14. The standard InChI is InChI=1S/C23H23N8O/c1-15-16(12-24)7-6-8-17(15)18-11-19(27-22(25)26-18)20-13-31(29-28-20)14-30-10-5-4-9-21(30)23(2,3)32/h4-11,13,32H,14H2,1-3H3,(H2,25,26,27)/q+1. The fourth-order valence-electron chi connectivity index (χ4n) is 3.57. The van der Waals surface area contributed by atoms with Crippen LogP contribution in [0, 0.1) is 18.3 Å². The van der Waals surface area contributed by atoms with Crippen LogP contribution in [0.2, 0.25) is 0 Å². The largest absolute Gasteiger partial charge is 0.379 e. The van der Waals surface area contributed by atoms with Crippen LogP contribution in [0.25, 0.3) is 22.6 Å². The molecule has 32 heavy (non-hydrogen) atoms. The number of nitrogen functional groups attached to an aromatic ring is 1. The molecule has 160 valence electrons. The summed E-state index contributed by atoms with van der Waals surface area (Å²) in [6.45, 7) is 5.71. The number of anilines is 1. The number of pyridine rings is 1. The maximum atomic E-state index is 10.4. The summed E-state index contributed by atoms with van der Waals surface area (Å²) in [5.74, 6) is 0.107. The SMILES string of the molecule is Cc1c(C#N)cccc1-c1cc(-c2cn(C[n+]3ccccc3C(C)(C)O)nn2)nc(N)n1. The van der Waals surface area contributed by atoms with Gasteiger partial charge in [-0.2, -0.15) is 14.5 Å². The van der Waals surface area contributed by atoms with E-state index in [-0.39, 0.29) is 5.95 Å². The van der Waals surface area contributed by atoms with E-state index in [0.717, 1.165) is 16.8 Å². The summed E-state index contributed by atoms with van der Waals surface area (Å²) in [6, 6.07) is 15.1. The first kappa shape index (κ1) is 21.1. The van der Waals surface area contributed by atoms with Gasteiger partial charge in [-0.05, 0) is 44.5 Å². The van der Waals surface area contributed by atoms with Gasteiger partial charge in [-0.25, -0.2) is 9.97 Å². The molecule has 3 heterocycles. The molecule has 0 saturated carbocycles. The van der Waals surface area contributed by atoms with Crippen molar-refractivity contribution in [3.63, 3.8) is 0 Å². The zero-order valence-corrected chi connectivity index (χ0v) is 18.1. The van der Waals surface area contributed by atoms with Crippen LogP contribution in [-0.4, -0.2) is 30.1 Å². The molecule has 0 radical (unpaired) electrons. The van der Waals surface area contributed by atoms with Crippen molar-refractivity contribution in [2.45, 2.75) is 33.0 Å². The maximum Gasteiger partial charge on any atom is 0.244 e. The predicted octanol–water partition coefficient (Wildman–Crippen LogP) is 2.19. The maximum absolute atomic E-state index is 10.4. The van der Waals surface area contributed by atoms with Gasteiger partial charge in [0.2, 0.25) is 18.3 Å². The molecule has 0 aliphatic rings. The molecule has 9 heteroatoms. The molecule has 0 bridgehead atoms. The van der Waals surface area contributed by atoms with Gasteiger partial charge in [-0.1, -0.05) is 17.3 Å². The van der Waals surface area contributed by atoms with E-state index in [1.165, 1.54) is 0 Å². The van der Waals surface area contributed by atoms with E-state index in [9.17, 15) is 10.4 Å². The van der Waals surface area contributed by atoms with E-state index in [1.807, 2.05) is 48.0 Å². The highest BCUT2D eigenvalue weighted by atomic mass is 16.3. The minimum atomic E-state index is -1.00. The molecule has 0 aliphatic carbocycles. The number of nitrogens with two attached hydrogens (primary N) is 1. The Morgan fingerprint density at radius 3 is 2.66 bits per heavy atom. The van der Waals surface area contributed by atoms with Crippen molar-refractivity contribution in [3.8, 4) is 28.7 Å². The molecule has 9 nitrogen and oxygen atoms in total. The van der Waals surface area contributed by atoms with E-state index in [2.05, 4.69) is 26.3 Å². The minimum absolute atomic E-state index is 0.107. The Balaban J connectivity index is 1.69. The molecule has 0 spiro atoms. The van der Waals surface area contributed by atoms with E-state index in [0.29, 0.717) is 29.3 Å². The molecule has 4 rings (SSSR count). The summed E-state index contributed by atoms with van der Waals surface area (Å²) >= 11 is 0. The molecule has 3 N–H and O–H groups in total. The number of rotatable bonds is 5. The third-order valence-electron chi connectivity index (χ3n) is 5.14. The summed E-state index contributed by atoms with van der Waals surface area (Å²) in [5.41, 5.74) is 9.61. The molecule has 0 saturated heterocycles. The highest BCUT2D eigenvalue weighted by molar-refractivity contribution is 5.71. The van der Waals surface area contributed by atoms with Crippen molar-refractivity contribution in [1.29, 1.82) is 5.26 Å². The van der Waals surface area contributed by atoms with Crippen LogP contribution in [0.4, 0.5) is 5.95 Å². The lowest BCUT2D eigenvalue weighted by molar-refractivity contribution is -0.715. The Hall–Kier alpha value is -4.16. The second-order valence-electron chi connectivity index (χ2n) is 7.99. The zero-order valence-electron chi connectivity index (χ0n) is 18.1. The van der Waals surface area contributed by atoms with Gasteiger partial charge < -0.3 is 10.8 Å². The second kappa shape index (κ2) is 8.17. The average molecular weight is 427 g/mol. The van der Waals surface area contributed by atoms with Crippen molar-refractivity contribution in [1.82, 2.24) is 25.0 Å². The van der Waals surface area contributed by atoms with Crippen molar-refractivity contribution in [2.75, 3.05) is 5.73 Å². The number of hydrogen-bond acceptors (Lipinski definition) is 7. The van der Waals surface area contributed by atoms with Crippen molar-refractivity contribution in [2.24, 2.45) is 0 Å². The highest BCUT2D eigenvalue weighted by Crippen LogP contribution is 2.27. The summed E-state index contributed by atoms with van der Waals surface area (Å²) in [5, 5.41) is 28.2. The van der Waals surface area contributed by atoms with Gasteiger partial charge in [0.05, 0.1) is 29.2 Å². The fourth-order valence-corrected chi connectivity index (χ4v) is 3.57. The molecule has 4 aromatic rings. The Bertz CT molecular complexity index is 1330. The molecule has 0 atom stereocenters. The number of benzene rings is 1. The number of hydrogen-bond donors (Lipinski definition) is 2. The lowest BCUT2D eigenvalue weighted by atomic mass is 10.00. The van der Waals surface area contributed by atoms with Gasteiger partial charge in [0.25, 0.3) is 0 Å². The molecule has 3 aromatic heterocycles. The Kier molecular flexibility index (Phi) is 5.38. The predicted molar refractivity (Wildman–Crippen MR) is 118 cm³/mol. The van der Waals surface area contributed by atoms with Crippen LogP contribution in [0.5, 0.6) is 0 Å². The van der Waals surface area contributed by atoms with Crippen molar-refractivity contribution >= 4 is 5.95 Å². The van der Waals surface area contributed by atoms with Gasteiger partial charge in [0, 0.05) is 17.7 Å². The van der Waals surface area contributed by atoms with E-state index in [4.69, 9.17) is 5.73 Å². The number of aliphatic hydroxyl groups is 1. The molecule has 0 unspecified atom stereocenters. The van der Waals surface area contributed by atoms with Crippen LogP contribution in [-0.2, 0) is 12.3 Å². The van der Waals surface area contributed by atoms with Gasteiger partial charge in [-0.3, -0.25) is 0 Å². The zero-order chi connectivity index (χ0) is 22.9. The third kappa shape index (κ3) is 4.17. The lowest BCUT2D eigenvalue weighted by Gasteiger charge is -2.15. The van der Waals surface area contributed by atoms with Crippen molar-refractivity contribution in [3.05, 3.63) is 71.7 Å². The van der Waals surface area contributed by atoms with E-state index >= 15 is 0 Å². The Morgan fingerprint density at radius 1 is 1.12 bits per heavy atom. The number of nitriles is 1. The first-order valence-corrected chi connectivity index (χ1v) is 10.0. The summed E-state index contributed by atoms with van der Waals surface area (Å²) < 4.78 is 3.55. The van der Waals surface area contributed by atoms with E-state index < -0.39 is 5.60 Å². The Labute approximate surface area is 185 Å². The van der Waals surface area contributed by atoms with Crippen LogP contribution in [0.3, 0.4) is 0 Å². The molecular formula is C23H23N8O+. The number of aromatic nitrogens is 6. The summed E-state index contributed by atoms with van der Waals surface area (Å²) in [4.78, 5) is 8.67. The van der Waals surface area contributed by atoms with Gasteiger partial charge in [0.15, 0.2) is 6.20 Å². The van der Waals surface area contributed by atoms with Crippen LogP contribution in [0.15, 0.2) is 54.9 Å². The molecule has 1 aromatic carbocycles. The van der Waals surface area contributed by atoms with Crippen LogP contribution >= 0.6 is 0 Å². The number of nitrogens with zero attached hydrogens (tertiary/aromatic N) is 7. The molecule has 0 aliphatic heterocycles. The highest BCUT2D eigenvalue weighted by Gasteiger charge is 2.27. The van der Waals surface area contributed by atoms with Crippen LogP contribution in [0.1, 0.15) is 30.7 Å². The topological polar surface area (TPSA) is 130 Å². The monoisotopic (exact) mass is 427 g/mol. The van der Waals surface area contributed by atoms with Gasteiger partial charge in [0.1, 0.15) is 11.3 Å². The van der Waals surface area contributed by atoms with E-state index in [1.54, 1.807) is 36.9 Å². The Morgan fingerprint density at radius 2 is 1.91 bits per heavy atom. The second-order valence-corrected chi connectivity index (χ2v) is 7.99. The molecular weight excluding hydrogens is 404 g/mol. The average Bonchev–Trinajstić information content (AvgIpc) is 3.22. The van der Waals surface area contributed by atoms with Gasteiger partial charge >= 0.3 is 0 Å². The minimum Gasteiger partial charge on any atom is -0.379 e. The molecule has 0 amide bonds. The first-order chi connectivity index (χ1) is 15.3. The quantitative estimate of drug-likeness (QED) is 0.467. The normalized spacial score (nSPS) is 11.3. The fraction of sp³-hybridized carbons (Fsp3) is 0.217. The summed E-state index contributed by atoms with van der Waals surface area (Å²) in [7, 11) is 0. The first-order valence-electron chi connectivity index (χ1n) is 10.0. The molecule has 0 fully saturated rings. The lowest BCUT2D eigenvalue weighted by Crippen LogP contribution is -2.46. The smallest absolute Gasteiger partial charge is 0.244 e. The van der Waals surface area contributed by atoms with Crippen LogP contribution < -0.4 is 10.3 Å². The van der Waals surface area contributed by atoms with Crippen molar-refractivity contribution < 1.29 is 9.67 Å². The summed E-state index contributed by atoms with van der Waals surface area (Å²) in [6.07, 6.45) is 3.64.